The van der Waals surface area contributed by atoms with Gasteiger partial charge in [-0.15, -0.1) is 0 Å². The van der Waals surface area contributed by atoms with Crippen LogP contribution in [0.25, 0.3) is 11.1 Å². The molecule has 0 bridgehead atoms. The Morgan fingerprint density at radius 3 is 1.64 bits per heavy atom. The van der Waals surface area contributed by atoms with Gasteiger partial charge in [-0.05, 0) is 22.3 Å². The van der Waals surface area contributed by atoms with Gasteiger partial charge in [-0.3, -0.25) is 10.2 Å². The smallest absolute Gasteiger partial charge is 0.198 e. The molecule has 0 aromatic heterocycles. The number of rotatable bonds is 4. The third kappa shape index (κ3) is 2.55. The van der Waals surface area contributed by atoms with E-state index in [1.54, 1.807) is 0 Å². The highest BCUT2D eigenvalue weighted by atomic mass is 16.1. The number of benzene rings is 4. The minimum Gasteiger partial charge on any atom is -0.291 e. The fourth-order valence-electron chi connectivity index (χ4n) is 5.29. The zero-order valence-corrected chi connectivity index (χ0v) is 17.8. The van der Waals surface area contributed by atoms with E-state index in [1.807, 2.05) is 121 Å². The van der Waals surface area contributed by atoms with Gasteiger partial charge in [0.15, 0.2) is 16.9 Å². The standard InChI is InChI=1S/C29H21N3O/c33-27-25(21-13-5-1-6-14-21)26(22-15-7-2-8-16-22)28(23-17-9-3-10-18-23)29(27,31-32-30-28)24-19-11-4-12-20-24/h1-20H,(H,30,31)/t28-,29+/m1/s1. The van der Waals surface area contributed by atoms with E-state index in [2.05, 4.69) is 10.6 Å². The maximum atomic E-state index is 14.6. The van der Waals surface area contributed by atoms with Gasteiger partial charge < -0.3 is 0 Å². The Balaban J connectivity index is 1.79. The molecule has 4 heteroatoms. The lowest BCUT2D eigenvalue weighted by molar-refractivity contribution is -0.120. The Labute approximate surface area is 192 Å². The minimum atomic E-state index is -1.19. The largest absolute Gasteiger partial charge is 0.291 e. The van der Waals surface area contributed by atoms with Crippen molar-refractivity contribution in [1.29, 1.82) is 0 Å². The Hall–Kier alpha value is -4.31. The van der Waals surface area contributed by atoms with E-state index in [9.17, 15) is 4.79 Å². The number of fused-ring (bicyclic) bond motifs is 1. The summed E-state index contributed by atoms with van der Waals surface area (Å²) in [5.74, 6) is -0.0346. The van der Waals surface area contributed by atoms with Gasteiger partial charge in [0.25, 0.3) is 0 Å². The molecule has 2 atom stereocenters. The van der Waals surface area contributed by atoms with Crippen LogP contribution in [0.4, 0.5) is 0 Å². The topological polar surface area (TPSA) is 53.8 Å². The number of carbonyl (C=O) groups is 1. The molecular formula is C29H21N3O. The summed E-state index contributed by atoms with van der Waals surface area (Å²) < 4.78 is 0. The van der Waals surface area contributed by atoms with Gasteiger partial charge in [0.2, 0.25) is 0 Å². The summed E-state index contributed by atoms with van der Waals surface area (Å²) in [6.07, 6.45) is 0. The van der Waals surface area contributed by atoms with E-state index in [0.717, 1.165) is 27.8 Å². The van der Waals surface area contributed by atoms with Crippen LogP contribution in [-0.2, 0) is 15.9 Å². The van der Waals surface area contributed by atoms with Crippen molar-refractivity contribution in [2.75, 3.05) is 0 Å². The van der Waals surface area contributed by atoms with Crippen molar-refractivity contribution >= 4 is 16.9 Å². The Morgan fingerprint density at radius 2 is 1.06 bits per heavy atom. The molecule has 0 fully saturated rings. The number of nitrogens with one attached hydrogen (secondary N) is 1. The molecule has 1 aliphatic carbocycles. The van der Waals surface area contributed by atoms with Gasteiger partial charge in [-0.1, -0.05) is 127 Å². The summed E-state index contributed by atoms with van der Waals surface area (Å²) in [5, 5.41) is 9.21. The third-order valence-corrected chi connectivity index (χ3v) is 6.66. The number of hydrogen-bond acceptors (Lipinski definition) is 4. The first-order valence-electron chi connectivity index (χ1n) is 11.0. The highest BCUT2D eigenvalue weighted by Crippen LogP contribution is 2.63. The molecule has 6 rings (SSSR count). The molecule has 1 heterocycles. The lowest BCUT2D eigenvalue weighted by Crippen LogP contribution is -2.54. The second-order valence-corrected chi connectivity index (χ2v) is 8.32. The fourth-order valence-corrected chi connectivity index (χ4v) is 5.29. The Kier molecular flexibility index (Phi) is 4.34. The van der Waals surface area contributed by atoms with Crippen LogP contribution in [0.2, 0.25) is 0 Å². The number of carbonyl (C=O) groups excluding carboxylic acids is 1. The molecule has 4 nitrogen and oxygen atoms in total. The predicted octanol–water partition coefficient (Wildman–Crippen LogP) is 5.94. The van der Waals surface area contributed by atoms with Crippen LogP contribution >= 0.6 is 0 Å². The summed E-state index contributed by atoms with van der Waals surface area (Å²) in [5.41, 5.74) is 6.07. The number of nitrogens with zero attached hydrogens (tertiary/aromatic N) is 2. The van der Waals surface area contributed by atoms with Crippen molar-refractivity contribution in [3.05, 3.63) is 144 Å². The van der Waals surface area contributed by atoms with Crippen LogP contribution in [0.15, 0.2) is 132 Å². The average molecular weight is 428 g/mol. The normalized spacial score (nSPS) is 23.5. The number of hydrogen-bond donors (Lipinski definition) is 1. The molecule has 1 N–H and O–H groups in total. The summed E-state index contributed by atoms with van der Waals surface area (Å²) in [6, 6.07) is 39.8. The monoisotopic (exact) mass is 427 g/mol. The molecule has 0 spiro atoms. The van der Waals surface area contributed by atoms with Crippen molar-refractivity contribution in [1.82, 2.24) is 5.43 Å². The maximum Gasteiger partial charge on any atom is 0.198 e. The lowest BCUT2D eigenvalue weighted by Gasteiger charge is -2.38. The predicted molar refractivity (Wildman–Crippen MR) is 129 cm³/mol. The van der Waals surface area contributed by atoms with E-state index in [0.29, 0.717) is 5.57 Å². The van der Waals surface area contributed by atoms with E-state index in [-0.39, 0.29) is 5.78 Å². The third-order valence-electron chi connectivity index (χ3n) is 6.66. The van der Waals surface area contributed by atoms with Crippen LogP contribution in [0.5, 0.6) is 0 Å². The summed E-state index contributed by atoms with van der Waals surface area (Å²) in [7, 11) is 0. The van der Waals surface area contributed by atoms with Crippen molar-refractivity contribution in [2.24, 2.45) is 10.3 Å². The molecule has 2 aliphatic rings. The molecule has 0 saturated carbocycles. The Bertz CT molecular complexity index is 1380. The molecule has 4 aromatic carbocycles. The summed E-state index contributed by atoms with van der Waals surface area (Å²) in [6.45, 7) is 0. The van der Waals surface area contributed by atoms with E-state index in [4.69, 9.17) is 5.11 Å². The van der Waals surface area contributed by atoms with Crippen LogP contribution in [0.1, 0.15) is 22.3 Å². The average Bonchev–Trinajstić information content (AvgIpc) is 3.39. The minimum absolute atomic E-state index is 0.0346. The molecule has 1 aliphatic heterocycles. The highest BCUT2D eigenvalue weighted by molar-refractivity contribution is 6.37. The van der Waals surface area contributed by atoms with Gasteiger partial charge in [-0.25, -0.2) is 0 Å². The van der Waals surface area contributed by atoms with Gasteiger partial charge in [0, 0.05) is 11.1 Å². The summed E-state index contributed by atoms with van der Waals surface area (Å²) in [4.78, 5) is 14.6. The van der Waals surface area contributed by atoms with Crippen molar-refractivity contribution in [3.63, 3.8) is 0 Å². The molecule has 0 unspecified atom stereocenters. The molecule has 0 saturated heterocycles. The number of Topliss-reactive ketones (excluding diaryl/α,β-unsaturated/α-hetero) is 1. The van der Waals surface area contributed by atoms with Crippen LogP contribution in [-0.4, -0.2) is 5.78 Å². The van der Waals surface area contributed by atoms with Gasteiger partial charge in [0.1, 0.15) is 0 Å². The molecular weight excluding hydrogens is 406 g/mol. The van der Waals surface area contributed by atoms with E-state index >= 15 is 0 Å². The molecule has 4 aromatic rings. The molecule has 0 amide bonds. The summed E-state index contributed by atoms with van der Waals surface area (Å²) >= 11 is 0. The SMILES string of the molecule is O=C1C(c2ccccc2)=C(c2ccccc2)[C@@]2(c3ccccc3)N=NN[C@@]12c1ccccc1. The van der Waals surface area contributed by atoms with E-state index < -0.39 is 11.1 Å². The van der Waals surface area contributed by atoms with Gasteiger partial charge >= 0.3 is 0 Å². The second kappa shape index (κ2) is 7.38. The zero-order chi connectivity index (χ0) is 22.3. The first kappa shape index (κ1) is 19.4. The van der Waals surface area contributed by atoms with Crippen molar-refractivity contribution in [2.45, 2.75) is 11.1 Å². The number of ketones is 1. The van der Waals surface area contributed by atoms with Gasteiger partial charge in [-0.2, -0.15) is 5.11 Å². The van der Waals surface area contributed by atoms with Crippen LogP contribution in [0, 0.1) is 0 Å². The van der Waals surface area contributed by atoms with Crippen molar-refractivity contribution < 1.29 is 4.79 Å². The van der Waals surface area contributed by atoms with Crippen LogP contribution < -0.4 is 5.43 Å². The first-order chi connectivity index (χ1) is 16.3. The zero-order valence-electron chi connectivity index (χ0n) is 17.8. The molecule has 158 valence electrons. The Morgan fingerprint density at radius 1 is 0.576 bits per heavy atom. The molecule has 33 heavy (non-hydrogen) atoms. The lowest BCUT2D eigenvalue weighted by atomic mass is 9.67. The van der Waals surface area contributed by atoms with E-state index in [1.165, 1.54) is 0 Å². The first-order valence-corrected chi connectivity index (χ1v) is 11.0. The highest BCUT2D eigenvalue weighted by Gasteiger charge is 2.70. The van der Waals surface area contributed by atoms with Crippen molar-refractivity contribution in [3.8, 4) is 0 Å². The van der Waals surface area contributed by atoms with Gasteiger partial charge in [0.05, 0.1) is 0 Å². The fraction of sp³-hybridized carbons (Fsp3) is 0.0690. The maximum absolute atomic E-state index is 14.6. The quantitative estimate of drug-likeness (QED) is 0.438. The van der Waals surface area contributed by atoms with Crippen LogP contribution in [0.3, 0.4) is 0 Å². The second-order valence-electron chi connectivity index (χ2n) is 8.32. The molecule has 0 radical (unpaired) electrons.